The van der Waals surface area contributed by atoms with Crippen molar-refractivity contribution in [2.45, 2.75) is 51.6 Å². The summed E-state index contributed by atoms with van der Waals surface area (Å²) in [7, 11) is 0. The predicted octanol–water partition coefficient (Wildman–Crippen LogP) is 6.81. The Balaban J connectivity index is 1.17. The van der Waals surface area contributed by atoms with Crippen molar-refractivity contribution in [1.82, 2.24) is 19.5 Å². The molecule has 9 heteroatoms. The Labute approximate surface area is 227 Å². The molecule has 1 aromatic carbocycles. The molecule has 1 aliphatic carbocycles. The minimum Gasteiger partial charge on any atom is -0.371 e. The van der Waals surface area contributed by atoms with E-state index in [2.05, 4.69) is 51.2 Å². The van der Waals surface area contributed by atoms with Crippen molar-refractivity contribution in [3.05, 3.63) is 51.2 Å². The van der Waals surface area contributed by atoms with Gasteiger partial charge in [-0.15, -0.1) is 5.10 Å². The smallest absolute Gasteiger partial charge is 0.243 e. The SMILES string of the molecule is CC1CC(N2CCC[C@H](C3CN(c4cc(N[C@H](C)c5ccc(Cl)cc5Cl)n5nc(Cl)nc5c4)C3)C2)C1. The molecule has 3 aromatic rings. The van der Waals surface area contributed by atoms with Gasteiger partial charge in [0.15, 0.2) is 5.65 Å². The van der Waals surface area contributed by atoms with Crippen LogP contribution in [0, 0.1) is 17.8 Å². The third kappa shape index (κ3) is 4.78. The van der Waals surface area contributed by atoms with Crippen LogP contribution in [-0.4, -0.2) is 51.7 Å². The molecule has 2 aliphatic heterocycles. The molecule has 0 bridgehead atoms. The molecule has 36 heavy (non-hydrogen) atoms. The van der Waals surface area contributed by atoms with Crippen LogP contribution in [0.15, 0.2) is 30.3 Å². The lowest BCUT2D eigenvalue weighted by atomic mass is 9.76. The fourth-order valence-corrected chi connectivity index (χ4v) is 7.05. The number of nitrogens with zero attached hydrogens (tertiary/aromatic N) is 5. The quantitative estimate of drug-likeness (QED) is 0.367. The van der Waals surface area contributed by atoms with Crippen molar-refractivity contribution in [2.24, 2.45) is 17.8 Å². The molecule has 0 unspecified atom stereocenters. The van der Waals surface area contributed by atoms with Gasteiger partial charge in [-0.25, -0.2) is 0 Å². The number of fused-ring (bicyclic) bond motifs is 1. The van der Waals surface area contributed by atoms with Crippen molar-refractivity contribution in [1.29, 1.82) is 0 Å². The number of hydrogen-bond donors (Lipinski definition) is 1. The lowest BCUT2D eigenvalue weighted by Crippen LogP contribution is -2.56. The zero-order chi connectivity index (χ0) is 25.0. The van der Waals surface area contributed by atoms with E-state index in [0.29, 0.717) is 10.0 Å². The summed E-state index contributed by atoms with van der Waals surface area (Å²) in [5.74, 6) is 3.32. The Bertz CT molecular complexity index is 1250. The minimum atomic E-state index is -0.0530. The summed E-state index contributed by atoms with van der Waals surface area (Å²) < 4.78 is 1.77. The summed E-state index contributed by atoms with van der Waals surface area (Å²) >= 11 is 18.8. The fraction of sp³-hybridized carbons (Fsp3) is 0.556. The fourth-order valence-electron chi connectivity index (χ4n) is 6.32. The second-order valence-electron chi connectivity index (χ2n) is 11.1. The molecular weight excluding hydrogens is 515 g/mol. The topological polar surface area (TPSA) is 48.7 Å². The van der Waals surface area contributed by atoms with E-state index in [-0.39, 0.29) is 11.3 Å². The van der Waals surface area contributed by atoms with E-state index in [1.807, 2.05) is 12.1 Å². The van der Waals surface area contributed by atoms with Gasteiger partial charge >= 0.3 is 0 Å². The van der Waals surface area contributed by atoms with Crippen molar-refractivity contribution in [2.75, 3.05) is 36.4 Å². The van der Waals surface area contributed by atoms with Gasteiger partial charge in [-0.3, -0.25) is 0 Å². The maximum Gasteiger partial charge on any atom is 0.243 e. The monoisotopic (exact) mass is 546 g/mol. The first-order valence-electron chi connectivity index (χ1n) is 13.1. The van der Waals surface area contributed by atoms with Gasteiger partial charge in [0.05, 0.1) is 6.04 Å². The highest BCUT2D eigenvalue weighted by atomic mass is 35.5. The van der Waals surface area contributed by atoms with Crippen molar-refractivity contribution >= 4 is 52.0 Å². The summed E-state index contributed by atoms with van der Waals surface area (Å²) in [5, 5.41) is 9.47. The molecule has 6 nitrogen and oxygen atoms in total. The van der Waals surface area contributed by atoms with Crippen LogP contribution in [0.3, 0.4) is 0 Å². The van der Waals surface area contributed by atoms with Gasteiger partial charge in [0.25, 0.3) is 0 Å². The minimum absolute atomic E-state index is 0.0530. The van der Waals surface area contributed by atoms with Gasteiger partial charge in [0, 0.05) is 53.5 Å². The number of pyridine rings is 1. The third-order valence-corrected chi connectivity index (χ3v) is 9.21. The molecule has 192 valence electrons. The summed E-state index contributed by atoms with van der Waals surface area (Å²) in [6.45, 7) is 9.21. The zero-order valence-electron chi connectivity index (χ0n) is 20.8. The molecule has 6 rings (SSSR count). The average molecular weight is 548 g/mol. The molecule has 2 saturated heterocycles. The second-order valence-corrected chi connectivity index (χ2v) is 12.3. The van der Waals surface area contributed by atoms with E-state index >= 15 is 0 Å². The molecule has 0 amide bonds. The normalized spacial score (nSPS) is 26.0. The predicted molar refractivity (Wildman–Crippen MR) is 149 cm³/mol. The third-order valence-electron chi connectivity index (χ3n) is 8.49. The Morgan fingerprint density at radius 1 is 1.03 bits per heavy atom. The maximum atomic E-state index is 6.47. The Morgan fingerprint density at radius 2 is 1.83 bits per heavy atom. The van der Waals surface area contributed by atoms with Gasteiger partial charge in [-0.05, 0) is 86.2 Å². The van der Waals surface area contributed by atoms with Crippen LogP contribution in [0.25, 0.3) is 5.65 Å². The number of aromatic nitrogens is 3. The molecule has 2 aromatic heterocycles. The van der Waals surface area contributed by atoms with Crippen LogP contribution in [0.2, 0.25) is 15.3 Å². The summed E-state index contributed by atoms with van der Waals surface area (Å²) in [4.78, 5) is 9.69. The number of piperidine rings is 1. The molecule has 4 heterocycles. The molecule has 0 radical (unpaired) electrons. The van der Waals surface area contributed by atoms with E-state index in [4.69, 9.17) is 34.8 Å². The lowest BCUT2D eigenvalue weighted by molar-refractivity contribution is 0.0296. The highest BCUT2D eigenvalue weighted by molar-refractivity contribution is 6.35. The molecule has 2 atom stereocenters. The van der Waals surface area contributed by atoms with Gasteiger partial charge in [0.1, 0.15) is 5.82 Å². The van der Waals surface area contributed by atoms with Crippen LogP contribution in [0.5, 0.6) is 0 Å². The number of halogens is 3. The number of rotatable bonds is 6. The summed E-state index contributed by atoms with van der Waals surface area (Å²) in [6, 6.07) is 10.6. The van der Waals surface area contributed by atoms with Gasteiger partial charge < -0.3 is 15.1 Å². The first kappa shape index (κ1) is 24.6. The summed E-state index contributed by atoms with van der Waals surface area (Å²) in [5.41, 5.74) is 2.86. The van der Waals surface area contributed by atoms with Crippen LogP contribution in [-0.2, 0) is 0 Å². The Morgan fingerprint density at radius 3 is 2.58 bits per heavy atom. The van der Waals surface area contributed by atoms with E-state index in [0.717, 1.165) is 59.6 Å². The lowest BCUT2D eigenvalue weighted by Gasteiger charge is -2.51. The van der Waals surface area contributed by atoms with Crippen molar-refractivity contribution < 1.29 is 0 Å². The molecule has 1 saturated carbocycles. The summed E-state index contributed by atoms with van der Waals surface area (Å²) in [6.07, 6.45) is 5.48. The standard InChI is InChI=1S/C27H33Cl3N6/c1-16-8-21(9-16)34-7-3-4-18(13-34)19-14-35(15-19)22-11-25(36-26(12-22)32-27(30)33-36)31-17(2)23-6-5-20(28)10-24(23)29/h5-6,10-12,16-19,21,31H,3-4,7-9,13-15H2,1-2H3/t16?,17-,18+,21?/m1/s1. The van der Waals surface area contributed by atoms with Crippen molar-refractivity contribution in [3.63, 3.8) is 0 Å². The van der Waals surface area contributed by atoms with E-state index in [9.17, 15) is 0 Å². The molecule has 1 N–H and O–H groups in total. The average Bonchev–Trinajstić information content (AvgIpc) is 3.16. The van der Waals surface area contributed by atoms with Gasteiger partial charge in [-0.1, -0.05) is 36.2 Å². The van der Waals surface area contributed by atoms with Crippen LogP contribution in [0.1, 0.15) is 51.1 Å². The first-order valence-corrected chi connectivity index (χ1v) is 14.2. The zero-order valence-corrected chi connectivity index (χ0v) is 23.1. The van der Waals surface area contributed by atoms with Gasteiger partial charge in [-0.2, -0.15) is 9.50 Å². The number of hydrogen-bond acceptors (Lipinski definition) is 5. The van der Waals surface area contributed by atoms with Crippen LogP contribution >= 0.6 is 34.8 Å². The number of benzene rings is 1. The highest BCUT2D eigenvalue weighted by Crippen LogP contribution is 2.39. The maximum absolute atomic E-state index is 6.47. The van der Waals surface area contributed by atoms with E-state index in [1.165, 1.54) is 38.8 Å². The number of anilines is 2. The first-order chi connectivity index (χ1) is 17.3. The largest absolute Gasteiger partial charge is 0.371 e. The Kier molecular flexibility index (Phi) is 6.74. The van der Waals surface area contributed by atoms with Crippen LogP contribution < -0.4 is 10.2 Å². The van der Waals surface area contributed by atoms with Gasteiger partial charge in [0.2, 0.25) is 5.28 Å². The van der Waals surface area contributed by atoms with E-state index in [1.54, 1.807) is 10.6 Å². The molecule has 3 fully saturated rings. The number of nitrogens with one attached hydrogen (secondary N) is 1. The van der Waals surface area contributed by atoms with E-state index < -0.39 is 0 Å². The highest BCUT2D eigenvalue weighted by Gasteiger charge is 2.39. The number of likely N-dealkylation sites (tertiary alicyclic amines) is 1. The van der Waals surface area contributed by atoms with Crippen molar-refractivity contribution in [3.8, 4) is 0 Å². The molecule has 0 spiro atoms. The second kappa shape index (κ2) is 9.86. The molecule has 3 aliphatic rings. The Hall–Kier alpha value is -1.73. The molecular formula is C27H33Cl3N6. The van der Waals surface area contributed by atoms with Crippen LogP contribution in [0.4, 0.5) is 11.5 Å².